The molecule has 1 amide bonds. The molecule has 0 fully saturated rings. The van der Waals surface area contributed by atoms with Gasteiger partial charge in [-0.05, 0) is 88.9 Å². The highest BCUT2D eigenvalue weighted by atomic mass is 127. The Hall–Kier alpha value is -1.76. The Morgan fingerprint density at radius 3 is 2.31 bits per heavy atom. The van der Waals surface area contributed by atoms with Crippen LogP contribution in [-0.4, -0.2) is 23.1 Å². The molecule has 0 unspecified atom stereocenters. The summed E-state index contributed by atoms with van der Waals surface area (Å²) in [5.41, 5.74) is 3.44. The van der Waals surface area contributed by atoms with E-state index >= 15 is 0 Å². The van der Waals surface area contributed by atoms with Crippen LogP contribution in [0.3, 0.4) is 0 Å². The third kappa shape index (κ3) is 5.62. The molecule has 0 aliphatic heterocycles. The SMILES string of the molecule is CC(C)Oc1c(I)cc(C=NNC(=O)c2ccc([N+](=O)[O-])cc2)cc1I. The number of halogens is 2. The third-order valence-electron chi connectivity index (χ3n) is 3.09. The molecule has 0 heterocycles. The quantitative estimate of drug-likeness (QED) is 0.239. The first-order valence-electron chi connectivity index (χ1n) is 7.51. The highest BCUT2D eigenvalue weighted by Gasteiger charge is 2.11. The van der Waals surface area contributed by atoms with Crippen LogP contribution >= 0.6 is 45.2 Å². The van der Waals surface area contributed by atoms with Crippen molar-refractivity contribution in [1.82, 2.24) is 5.43 Å². The Labute approximate surface area is 177 Å². The van der Waals surface area contributed by atoms with E-state index in [1.165, 1.54) is 30.5 Å². The molecule has 2 aromatic rings. The number of benzene rings is 2. The predicted octanol–water partition coefficient (Wildman–Crippen LogP) is 4.36. The van der Waals surface area contributed by atoms with Crippen molar-refractivity contribution in [3.05, 3.63) is 64.8 Å². The molecule has 2 aromatic carbocycles. The topological polar surface area (TPSA) is 93.8 Å². The molecule has 9 heteroatoms. The summed E-state index contributed by atoms with van der Waals surface area (Å²) in [6, 6.07) is 9.12. The fourth-order valence-corrected chi connectivity index (χ4v) is 4.04. The van der Waals surface area contributed by atoms with Gasteiger partial charge in [0.25, 0.3) is 11.6 Å². The van der Waals surface area contributed by atoms with Crippen LogP contribution in [0.15, 0.2) is 41.5 Å². The summed E-state index contributed by atoms with van der Waals surface area (Å²) in [5.74, 6) is 0.383. The lowest BCUT2D eigenvalue weighted by atomic mass is 10.2. The predicted molar refractivity (Wildman–Crippen MR) is 116 cm³/mol. The van der Waals surface area contributed by atoms with E-state index in [1.807, 2.05) is 26.0 Å². The zero-order valence-corrected chi connectivity index (χ0v) is 18.2. The second kappa shape index (κ2) is 9.26. The van der Waals surface area contributed by atoms with Crippen LogP contribution in [0.4, 0.5) is 5.69 Å². The van der Waals surface area contributed by atoms with Gasteiger partial charge >= 0.3 is 0 Å². The van der Waals surface area contributed by atoms with Gasteiger partial charge in [0.2, 0.25) is 0 Å². The van der Waals surface area contributed by atoms with E-state index in [0.717, 1.165) is 18.5 Å². The van der Waals surface area contributed by atoms with Crippen molar-refractivity contribution >= 4 is 63.0 Å². The summed E-state index contributed by atoms with van der Waals surface area (Å²) in [6.07, 6.45) is 1.62. The number of rotatable bonds is 6. The highest BCUT2D eigenvalue weighted by Crippen LogP contribution is 2.29. The number of hydrazone groups is 1. The molecule has 0 atom stereocenters. The lowest BCUT2D eigenvalue weighted by Crippen LogP contribution is -2.17. The first-order valence-corrected chi connectivity index (χ1v) is 9.67. The molecule has 0 radical (unpaired) electrons. The summed E-state index contributed by atoms with van der Waals surface area (Å²) in [4.78, 5) is 22.1. The number of nitro benzene ring substituents is 1. The number of nitro groups is 1. The Morgan fingerprint density at radius 1 is 1.23 bits per heavy atom. The Bertz CT molecular complexity index is 829. The highest BCUT2D eigenvalue weighted by molar-refractivity contribution is 14.1. The summed E-state index contributed by atoms with van der Waals surface area (Å²) in [5, 5.41) is 14.6. The van der Waals surface area contributed by atoms with Crippen LogP contribution in [-0.2, 0) is 0 Å². The Morgan fingerprint density at radius 2 is 1.81 bits per heavy atom. The minimum absolute atomic E-state index is 0.0714. The van der Waals surface area contributed by atoms with Gasteiger partial charge in [0.15, 0.2) is 0 Å². The summed E-state index contributed by atoms with van der Waals surface area (Å²) >= 11 is 4.39. The number of nitrogens with one attached hydrogen (secondary N) is 1. The number of non-ortho nitro benzene ring substituents is 1. The lowest BCUT2D eigenvalue weighted by Gasteiger charge is -2.14. The van der Waals surface area contributed by atoms with E-state index in [0.29, 0.717) is 0 Å². The maximum atomic E-state index is 12.0. The summed E-state index contributed by atoms with van der Waals surface area (Å²) in [7, 11) is 0. The van der Waals surface area contributed by atoms with Crippen molar-refractivity contribution in [2.24, 2.45) is 5.10 Å². The van der Waals surface area contributed by atoms with Crippen LogP contribution < -0.4 is 10.2 Å². The average Bonchev–Trinajstić information content (AvgIpc) is 2.58. The van der Waals surface area contributed by atoms with Crippen LogP contribution in [0.5, 0.6) is 5.75 Å². The van der Waals surface area contributed by atoms with Crippen molar-refractivity contribution in [3.8, 4) is 5.75 Å². The van der Waals surface area contributed by atoms with Gasteiger partial charge in [0.05, 0.1) is 24.4 Å². The van der Waals surface area contributed by atoms with Gasteiger partial charge in [-0.15, -0.1) is 0 Å². The lowest BCUT2D eigenvalue weighted by molar-refractivity contribution is -0.384. The van der Waals surface area contributed by atoms with Crippen molar-refractivity contribution in [2.75, 3.05) is 0 Å². The third-order valence-corrected chi connectivity index (χ3v) is 4.70. The van der Waals surface area contributed by atoms with E-state index in [-0.39, 0.29) is 17.4 Å². The molecule has 0 spiro atoms. The largest absolute Gasteiger partial charge is 0.489 e. The van der Waals surface area contributed by atoms with E-state index in [2.05, 4.69) is 55.7 Å². The number of carbonyl (C=O) groups is 1. The van der Waals surface area contributed by atoms with Gasteiger partial charge in [0.1, 0.15) is 5.75 Å². The van der Waals surface area contributed by atoms with Gasteiger partial charge in [-0.25, -0.2) is 5.43 Å². The van der Waals surface area contributed by atoms with Crippen molar-refractivity contribution in [3.63, 3.8) is 0 Å². The fraction of sp³-hybridized carbons (Fsp3) is 0.176. The molecule has 0 bridgehead atoms. The minimum Gasteiger partial charge on any atom is -0.489 e. The maximum absolute atomic E-state index is 12.0. The minimum atomic E-state index is -0.518. The molecule has 26 heavy (non-hydrogen) atoms. The van der Waals surface area contributed by atoms with Crippen LogP contribution in [0.1, 0.15) is 29.8 Å². The standard InChI is InChI=1S/C17H15I2N3O4/c1-10(2)26-16-14(18)7-11(8-15(16)19)9-20-21-17(23)12-3-5-13(6-4-12)22(24)25/h3-10H,1-2H3,(H,21,23). The van der Waals surface area contributed by atoms with E-state index in [4.69, 9.17) is 4.74 Å². The van der Waals surface area contributed by atoms with Crippen LogP contribution in [0, 0.1) is 17.3 Å². The van der Waals surface area contributed by atoms with E-state index < -0.39 is 10.8 Å². The molecule has 136 valence electrons. The number of amides is 1. The Kier molecular flexibility index (Phi) is 7.32. The summed E-state index contributed by atoms with van der Waals surface area (Å²) < 4.78 is 7.68. The molecule has 0 aliphatic rings. The first kappa shape index (κ1) is 20.6. The molecule has 7 nitrogen and oxygen atoms in total. The molecule has 1 N–H and O–H groups in total. The van der Waals surface area contributed by atoms with E-state index in [9.17, 15) is 14.9 Å². The maximum Gasteiger partial charge on any atom is 0.271 e. The van der Waals surface area contributed by atoms with Crippen molar-refractivity contribution < 1.29 is 14.5 Å². The molecular formula is C17H15I2N3O4. The molecule has 0 aliphatic carbocycles. The zero-order chi connectivity index (χ0) is 19.3. The van der Waals surface area contributed by atoms with Gasteiger partial charge in [0, 0.05) is 17.7 Å². The second-order valence-electron chi connectivity index (χ2n) is 5.48. The van der Waals surface area contributed by atoms with Crippen molar-refractivity contribution in [1.29, 1.82) is 0 Å². The molecule has 0 saturated heterocycles. The monoisotopic (exact) mass is 579 g/mol. The average molecular weight is 579 g/mol. The smallest absolute Gasteiger partial charge is 0.271 e. The van der Waals surface area contributed by atoms with Gasteiger partial charge in [-0.3, -0.25) is 14.9 Å². The van der Waals surface area contributed by atoms with Crippen LogP contribution in [0.25, 0.3) is 0 Å². The van der Waals surface area contributed by atoms with Crippen molar-refractivity contribution in [2.45, 2.75) is 20.0 Å². The number of nitrogens with zero attached hydrogens (tertiary/aromatic N) is 2. The second-order valence-corrected chi connectivity index (χ2v) is 7.81. The summed E-state index contributed by atoms with van der Waals surface area (Å²) in [6.45, 7) is 3.94. The number of carbonyl (C=O) groups excluding carboxylic acids is 1. The normalized spacial score (nSPS) is 11.0. The van der Waals surface area contributed by atoms with Gasteiger partial charge in [-0.1, -0.05) is 0 Å². The van der Waals surface area contributed by atoms with E-state index in [1.54, 1.807) is 0 Å². The molecule has 0 aromatic heterocycles. The molecular weight excluding hydrogens is 564 g/mol. The number of hydrogen-bond acceptors (Lipinski definition) is 5. The first-order chi connectivity index (χ1) is 12.3. The van der Waals surface area contributed by atoms with Crippen LogP contribution in [0.2, 0.25) is 0 Å². The van der Waals surface area contributed by atoms with Gasteiger partial charge in [-0.2, -0.15) is 5.10 Å². The zero-order valence-electron chi connectivity index (χ0n) is 13.9. The van der Waals surface area contributed by atoms with Gasteiger partial charge < -0.3 is 4.74 Å². The molecule has 0 saturated carbocycles. The Balaban J connectivity index is 2.05. The fourth-order valence-electron chi connectivity index (χ4n) is 1.97. The number of ether oxygens (including phenoxy) is 1. The number of hydrogen-bond donors (Lipinski definition) is 1. The molecule has 2 rings (SSSR count).